The number of aliphatic hydroxyl groups excluding tert-OH is 1. The molecule has 3 saturated carbocycles. The highest BCUT2D eigenvalue weighted by atomic mass is 28.4. The van der Waals surface area contributed by atoms with Gasteiger partial charge in [-0.05, 0) is 122 Å². The molecule has 0 amide bonds. The van der Waals surface area contributed by atoms with E-state index in [2.05, 4.69) is 93.4 Å². The summed E-state index contributed by atoms with van der Waals surface area (Å²) in [4.78, 5) is 11.1. The molecule has 2 N–H and O–H groups in total. The standard InChI is InChI=1S/C34H62O3Si2/c1-24(23-35)29-17-18-30-27(14-13-19-34(29,30)8)16-15-26-20-28(22-33(6,7)38(9,10)36)25(2)31(21-26)37-39(11,12)32(3,4)5/h15-16,24,28-31,35-36H,2,13-14,17-23H2,1,3-12H3/b26-15+,27-16+/t24-,28-,29+,30-,31+,34+/m0/s1. The van der Waals surface area contributed by atoms with Gasteiger partial charge in [0.1, 0.15) is 0 Å². The molecule has 39 heavy (non-hydrogen) atoms. The number of hydrogen-bond acceptors (Lipinski definition) is 3. The lowest BCUT2D eigenvalue weighted by Gasteiger charge is -2.45. The minimum Gasteiger partial charge on any atom is -0.432 e. The Morgan fingerprint density at radius 3 is 2.28 bits per heavy atom. The number of rotatable bonds is 8. The minimum absolute atomic E-state index is 0.0615. The molecule has 0 spiro atoms. The van der Waals surface area contributed by atoms with E-state index in [1.807, 2.05) is 0 Å². The molecule has 0 radical (unpaired) electrons. The average molecular weight is 575 g/mol. The van der Waals surface area contributed by atoms with Crippen molar-refractivity contribution in [2.45, 2.75) is 142 Å². The highest BCUT2D eigenvalue weighted by Gasteiger charge is 2.50. The zero-order valence-corrected chi connectivity index (χ0v) is 29.4. The Morgan fingerprint density at radius 2 is 1.72 bits per heavy atom. The molecule has 3 aliphatic rings. The highest BCUT2D eigenvalue weighted by Crippen LogP contribution is 2.59. The molecule has 224 valence electrons. The quantitative estimate of drug-likeness (QED) is 0.224. The molecule has 0 aromatic carbocycles. The average Bonchev–Trinajstić information content (AvgIpc) is 3.15. The summed E-state index contributed by atoms with van der Waals surface area (Å²) < 4.78 is 7.05. The maximum Gasteiger partial charge on any atom is 0.192 e. The molecule has 0 aromatic rings. The van der Waals surface area contributed by atoms with E-state index in [9.17, 15) is 9.90 Å². The van der Waals surface area contributed by atoms with E-state index in [0.717, 1.165) is 19.3 Å². The summed E-state index contributed by atoms with van der Waals surface area (Å²) in [5.41, 5.74) is 4.69. The molecule has 0 aliphatic heterocycles. The molecule has 0 heterocycles. The summed E-state index contributed by atoms with van der Waals surface area (Å²) >= 11 is 0. The number of aliphatic hydroxyl groups is 1. The summed E-state index contributed by atoms with van der Waals surface area (Å²) in [6, 6.07) is 0. The molecule has 6 atom stereocenters. The van der Waals surface area contributed by atoms with Crippen LogP contribution in [-0.4, -0.2) is 39.2 Å². The van der Waals surface area contributed by atoms with Crippen molar-refractivity contribution >= 4 is 16.6 Å². The SMILES string of the molecule is C=C1[C@H](CC(C)(C)[Si](C)(C)O)C/C(=C\C=C2/CCC[C@]3(C)[C@@H]([C@@H](C)CO)CC[C@@H]23)C[C@H]1O[Si](C)(C)C(C)(C)C. The molecule has 5 heteroatoms. The van der Waals surface area contributed by atoms with Crippen LogP contribution in [0.25, 0.3) is 0 Å². The Morgan fingerprint density at radius 1 is 1.08 bits per heavy atom. The Labute approximate surface area is 243 Å². The maximum absolute atomic E-state index is 11.1. The van der Waals surface area contributed by atoms with E-state index in [1.54, 1.807) is 5.57 Å². The largest absolute Gasteiger partial charge is 0.432 e. The monoisotopic (exact) mass is 574 g/mol. The second-order valence-corrected chi connectivity index (χ2v) is 25.7. The smallest absolute Gasteiger partial charge is 0.192 e. The second-order valence-electron chi connectivity index (χ2n) is 16.5. The lowest BCUT2D eigenvalue weighted by molar-refractivity contribution is 0.0690. The van der Waals surface area contributed by atoms with Crippen LogP contribution < -0.4 is 0 Å². The van der Waals surface area contributed by atoms with Gasteiger partial charge < -0.3 is 14.3 Å². The Bertz CT molecular complexity index is 906. The topological polar surface area (TPSA) is 49.7 Å². The van der Waals surface area contributed by atoms with Gasteiger partial charge in [0.05, 0.1) is 6.10 Å². The van der Waals surface area contributed by atoms with Crippen molar-refractivity contribution in [3.05, 3.63) is 35.5 Å². The van der Waals surface area contributed by atoms with Gasteiger partial charge in [-0.25, -0.2) is 0 Å². The summed E-state index contributed by atoms with van der Waals surface area (Å²) in [7, 11) is -4.29. The Kier molecular flexibility index (Phi) is 9.88. The molecule has 3 rings (SSSR count). The van der Waals surface area contributed by atoms with E-state index in [4.69, 9.17) is 4.43 Å². The first-order valence-corrected chi connectivity index (χ1v) is 21.7. The first-order chi connectivity index (χ1) is 17.7. The summed E-state index contributed by atoms with van der Waals surface area (Å²) in [5.74, 6) is 2.00. The minimum atomic E-state index is -2.33. The predicted octanol–water partition coefficient (Wildman–Crippen LogP) is 9.41. The van der Waals surface area contributed by atoms with Crippen molar-refractivity contribution in [3.8, 4) is 0 Å². The maximum atomic E-state index is 11.1. The van der Waals surface area contributed by atoms with Crippen LogP contribution in [0, 0.1) is 29.1 Å². The molecular formula is C34H62O3Si2. The van der Waals surface area contributed by atoms with E-state index < -0.39 is 16.6 Å². The van der Waals surface area contributed by atoms with Crippen molar-refractivity contribution in [3.63, 3.8) is 0 Å². The third-order valence-corrected chi connectivity index (χ3v) is 20.1. The van der Waals surface area contributed by atoms with Crippen molar-refractivity contribution in [1.82, 2.24) is 0 Å². The Hall–Kier alpha value is -0.466. The predicted molar refractivity (Wildman–Crippen MR) is 173 cm³/mol. The van der Waals surface area contributed by atoms with Gasteiger partial charge >= 0.3 is 0 Å². The highest BCUT2D eigenvalue weighted by molar-refractivity contribution is 6.74. The van der Waals surface area contributed by atoms with Gasteiger partial charge in [-0.2, -0.15) is 0 Å². The van der Waals surface area contributed by atoms with Gasteiger partial charge in [0.15, 0.2) is 16.6 Å². The van der Waals surface area contributed by atoms with Crippen LogP contribution in [0.3, 0.4) is 0 Å². The van der Waals surface area contributed by atoms with Gasteiger partial charge in [0, 0.05) is 6.61 Å². The summed E-state index contributed by atoms with van der Waals surface area (Å²) in [5, 5.41) is 9.99. The molecule has 3 aliphatic carbocycles. The summed E-state index contributed by atoms with van der Waals surface area (Å²) in [6.07, 6.45) is 14.2. The summed E-state index contributed by atoms with van der Waals surface area (Å²) in [6.45, 7) is 30.0. The second kappa shape index (κ2) is 11.7. The fourth-order valence-corrected chi connectivity index (χ4v) is 9.63. The van der Waals surface area contributed by atoms with Crippen LogP contribution in [0.15, 0.2) is 35.5 Å². The molecule has 0 aromatic heterocycles. The first-order valence-electron chi connectivity index (χ1n) is 15.8. The van der Waals surface area contributed by atoms with Gasteiger partial charge in [0.25, 0.3) is 0 Å². The fraction of sp³-hybridized carbons (Fsp3) is 0.824. The van der Waals surface area contributed by atoms with Gasteiger partial charge in [-0.3, -0.25) is 0 Å². The van der Waals surface area contributed by atoms with E-state index >= 15 is 0 Å². The van der Waals surface area contributed by atoms with Crippen molar-refractivity contribution in [2.75, 3.05) is 6.61 Å². The molecular weight excluding hydrogens is 513 g/mol. The fourth-order valence-electron chi connectivity index (χ4n) is 7.58. The van der Waals surface area contributed by atoms with Gasteiger partial charge in [0.2, 0.25) is 0 Å². The third kappa shape index (κ3) is 6.96. The van der Waals surface area contributed by atoms with Crippen LogP contribution in [0.1, 0.15) is 99.8 Å². The normalized spacial score (nSPS) is 34.0. The lowest BCUT2D eigenvalue weighted by Crippen LogP contribution is -2.46. The van der Waals surface area contributed by atoms with Crippen molar-refractivity contribution in [1.29, 1.82) is 0 Å². The Balaban J connectivity index is 1.92. The van der Waals surface area contributed by atoms with Crippen LogP contribution in [0.2, 0.25) is 36.3 Å². The number of hydrogen-bond donors (Lipinski definition) is 2. The van der Waals surface area contributed by atoms with Crippen LogP contribution in [-0.2, 0) is 4.43 Å². The third-order valence-electron chi connectivity index (χ3n) is 12.1. The first kappa shape index (κ1) is 33.0. The molecule has 3 nitrogen and oxygen atoms in total. The molecule has 0 bridgehead atoms. The van der Waals surface area contributed by atoms with E-state index in [0.29, 0.717) is 35.7 Å². The van der Waals surface area contributed by atoms with Crippen LogP contribution in [0.4, 0.5) is 0 Å². The van der Waals surface area contributed by atoms with Gasteiger partial charge in [-0.1, -0.05) is 78.3 Å². The van der Waals surface area contributed by atoms with E-state index in [1.165, 1.54) is 43.3 Å². The van der Waals surface area contributed by atoms with Crippen LogP contribution >= 0.6 is 0 Å². The molecule has 0 unspecified atom stereocenters. The number of allylic oxidation sites excluding steroid dienone is 3. The van der Waals surface area contributed by atoms with E-state index in [-0.39, 0.29) is 16.2 Å². The lowest BCUT2D eigenvalue weighted by atomic mass is 9.61. The number of fused-ring (bicyclic) bond motifs is 1. The van der Waals surface area contributed by atoms with Gasteiger partial charge in [-0.15, -0.1) is 0 Å². The molecule has 0 saturated heterocycles. The van der Waals surface area contributed by atoms with Crippen molar-refractivity contribution < 1.29 is 14.3 Å². The zero-order chi connectivity index (χ0) is 29.6. The molecule has 3 fully saturated rings. The zero-order valence-electron chi connectivity index (χ0n) is 27.4. The van der Waals surface area contributed by atoms with Crippen LogP contribution in [0.5, 0.6) is 0 Å². The van der Waals surface area contributed by atoms with Crippen molar-refractivity contribution in [2.24, 2.45) is 29.1 Å².